The molecule has 0 saturated carbocycles. The van der Waals surface area contributed by atoms with Crippen LogP contribution in [0.5, 0.6) is 0 Å². The predicted molar refractivity (Wildman–Crippen MR) is 79.1 cm³/mol. The van der Waals surface area contributed by atoms with Crippen molar-refractivity contribution >= 4 is 22.9 Å². The lowest BCUT2D eigenvalue weighted by molar-refractivity contribution is -0.117. The average molecular weight is 319 g/mol. The first-order valence-electron chi connectivity index (χ1n) is 6.29. The molecule has 22 heavy (non-hydrogen) atoms. The third-order valence-corrected chi connectivity index (χ3v) is 3.64. The van der Waals surface area contributed by atoms with Crippen molar-refractivity contribution in [1.82, 2.24) is 9.78 Å². The van der Waals surface area contributed by atoms with Gasteiger partial charge < -0.3 is 9.73 Å². The van der Waals surface area contributed by atoms with Crippen LogP contribution in [0.3, 0.4) is 0 Å². The van der Waals surface area contributed by atoms with Gasteiger partial charge in [-0.3, -0.25) is 4.79 Å². The molecule has 0 aliphatic heterocycles. The van der Waals surface area contributed by atoms with Gasteiger partial charge in [-0.1, -0.05) is 18.2 Å². The monoisotopic (exact) mass is 319 g/mol. The number of hydrogen-bond donors (Lipinski definition) is 1. The second-order valence-corrected chi connectivity index (χ2v) is 5.28. The topological polar surface area (TPSA) is 77.1 Å². The lowest BCUT2D eigenvalue weighted by atomic mass is 10.3. The molecule has 0 aliphatic rings. The van der Waals surface area contributed by atoms with E-state index in [2.05, 4.69) is 10.4 Å². The van der Waals surface area contributed by atoms with E-state index < -0.39 is 17.5 Å². The Balaban J connectivity index is 1.75. The Morgan fingerprint density at radius 2 is 2.14 bits per heavy atom. The number of carbonyl (C=O) groups is 1. The molecule has 3 rings (SSSR count). The van der Waals surface area contributed by atoms with Gasteiger partial charge in [0.2, 0.25) is 5.91 Å². The van der Waals surface area contributed by atoms with E-state index in [1.54, 1.807) is 18.2 Å². The largest absolute Gasteiger partial charge is 0.437 e. The highest BCUT2D eigenvalue weighted by molar-refractivity contribution is 7.13. The van der Waals surface area contributed by atoms with Gasteiger partial charge in [-0.15, -0.1) is 16.4 Å². The molecule has 6 nitrogen and oxygen atoms in total. The zero-order valence-electron chi connectivity index (χ0n) is 11.2. The van der Waals surface area contributed by atoms with Crippen molar-refractivity contribution < 1.29 is 13.6 Å². The lowest BCUT2D eigenvalue weighted by Gasteiger charge is -2.04. The number of nitrogens with zero attached hydrogens (tertiary/aromatic N) is 2. The van der Waals surface area contributed by atoms with Gasteiger partial charge in [-0.2, -0.15) is 4.68 Å². The summed E-state index contributed by atoms with van der Waals surface area (Å²) in [5.41, 5.74) is 0.0440. The predicted octanol–water partition coefficient (Wildman–Crippen LogP) is 2.34. The fraction of sp³-hybridized carbons (Fsp3) is 0.0714. The zero-order valence-corrected chi connectivity index (χ0v) is 12.0. The van der Waals surface area contributed by atoms with Crippen molar-refractivity contribution in [3.8, 4) is 10.8 Å². The van der Waals surface area contributed by atoms with E-state index in [9.17, 15) is 14.0 Å². The van der Waals surface area contributed by atoms with Gasteiger partial charge in [0.25, 0.3) is 5.89 Å². The molecule has 8 heteroatoms. The average Bonchev–Trinajstić information content (AvgIpc) is 3.12. The summed E-state index contributed by atoms with van der Waals surface area (Å²) in [6.45, 7) is -0.359. The number of nitrogens with one attached hydrogen (secondary N) is 1. The van der Waals surface area contributed by atoms with Crippen molar-refractivity contribution in [2.24, 2.45) is 0 Å². The number of carbonyl (C=O) groups excluding carboxylic acids is 1. The zero-order chi connectivity index (χ0) is 15.5. The van der Waals surface area contributed by atoms with E-state index in [0.29, 0.717) is 4.88 Å². The number of benzene rings is 1. The van der Waals surface area contributed by atoms with Crippen LogP contribution in [0.1, 0.15) is 0 Å². The summed E-state index contributed by atoms with van der Waals surface area (Å²) in [5, 5.41) is 8.15. The van der Waals surface area contributed by atoms with Crippen molar-refractivity contribution in [2.45, 2.75) is 6.54 Å². The van der Waals surface area contributed by atoms with Crippen LogP contribution in [-0.2, 0) is 11.3 Å². The summed E-state index contributed by atoms with van der Waals surface area (Å²) >= 11 is 1.36. The van der Waals surface area contributed by atoms with E-state index >= 15 is 0 Å². The minimum absolute atomic E-state index is 0.0440. The molecule has 0 spiro atoms. The smallest absolute Gasteiger partial charge is 0.387 e. The molecule has 0 fully saturated rings. The number of para-hydroxylation sites is 1. The van der Waals surface area contributed by atoms with Crippen LogP contribution in [0.15, 0.2) is 51.0 Å². The second kappa shape index (κ2) is 5.94. The summed E-state index contributed by atoms with van der Waals surface area (Å²) in [6.07, 6.45) is 0. The Hall–Kier alpha value is -2.74. The number of hydrogen-bond acceptors (Lipinski definition) is 5. The number of rotatable bonds is 4. The summed E-state index contributed by atoms with van der Waals surface area (Å²) < 4.78 is 19.3. The fourth-order valence-corrected chi connectivity index (χ4v) is 2.44. The maximum Gasteiger partial charge on any atom is 0.437 e. The molecule has 0 saturated heterocycles. The van der Waals surface area contributed by atoms with E-state index in [1.807, 2.05) is 5.38 Å². The van der Waals surface area contributed by atoms with Gasteiger partial charge in [0, 0.05) is 0 Å². The van der Waals surface area contributed by atoms with E-state index in [1.165, 1.54) is 29.5 Å². The lowest BCUT2D eigenvalue weighted by Crippen LogP contribution is -2.26. The molecule has 0 aliphatic carbocycles. The minimum Gasteiger partial charge on any atom is -0.387 e. The molecule has 112 valence electrons. The van der Waals surface area contributed by atoms with Crippen LogP contribution in [0.2, 0.25) is 0 Å². The van der Waals surface area contributed by atoms with Gasteiger partial charge in [-0.25, -0.2) is 9.18 Å². The van der Waals surface area contributed by atoms with Gasteiger partial charge >= 0.3 is 5.76 Å². The van der Waals surface area contributed by atoms with Crippen molar-refractivity contribution in [1.29, 1.82) is 0 Å². The number of aromatic nitrogens is 2. The van der Waals surface area contributed by atoms with E-state index in [0.717, 1.165) is 4.68 Å². The Bertz CT molecular complexity index is 854. The Morgan fingerprint density at radius 3 is 2.86 bits per heavy atom. The summed E-state index contributed by atoms with van der Waals surface area (Å²) in [4.78, 5) is 24.2. The Kier molecular flexibility index (Phi) is 3.84. The van der Waals surface area contributed by atoms with Gasteiger partial charge in [0.15, 0.2) is 0 Å². The molecule has 1 aromatic carbocycles. The van der Waals surface area contributed by atoms with Gasteiger partial charge in [0.05, 0.1) is 10.6 Å². The molecular formula is C14H10FN3O3S. The number of thiophene rings is 1. The first kappa shape index (κ1) is 14.2. The maximum absolute atomic E-state index is 13.4. The molecule has 2 aromatic heterocycles. The molecule has 0 unspecified atom stereocenters. The highest BCUT2D eigenvalue weighted by atomic mass is 32.1. The third kappa shape index (κ3) is 2.96. The maximum atomic E-state index is 13.4. The molecule has 2 heterocycles. The molecule has 3 aromatic rings. The van der Waals surface area contributed by atoms with Crippen LogP contribution in [0, 0.1) is 5.82 Å². The number of anilines is 1. The normalized spacial score (nSPS) is 10.6. The van der Waals surface area contributed by atoms with E-state index in [-0.39, 0.29) is 18.1 Å². The Labute approximate surface area is 127 Å². The standard InChI is InChI=1S/C14H10FN3O3S/c15-9-4-1-2-5-10(9)16-12(19)8-18-14(20)21-13(17-18)11-6-3-7-22-11/h1-7H,8H2,(H,16,19). The van der Waals surface area contributed by atoms with Crippen LogP contribution in [0.25, 0.3) is 10.8 Å². The molecule has 0 bridgehead atoms. The third-order valence-electron chi connectivity index (χ3n) is 2.78. The van der Waals surface area contributed by atoms with Crippen LogP contribution < -0.4 is 11.1 Å². The summed E-state index contributed by atoms with van der Waals surface area (Å²) in [7, 11) is 0. The number of amides is 1. The highest BCUT2D eigenvalue weighted by Crippen LogP contribution is 2.21. The van der Waals surface area contributed by atoms with Crippen LogP contribution >= 0.6 is 11.3 Å². The molecule has 1 amide bonds. The quantitative estimate of drug-likeness (QED) is 0.801. The first-order valence-corrected chi connectivity index (χ1v) is 7.17. The van der Waals surface area contributed by atoms with Crippen LogP contribution in [0.4, 0.5) is 10.1 Å². The highest BCUT2D eigenvalue weighted by Gasteiger charge is 2.14. The minimum atomic E-state index is -0.743. The Morgan fingerprint density at radius 1 is 1.32 bits per heavy atom. The molecule has 1 N–H and O–H groups in total. The summed E-state index contributed by atoms with van der Waals surface area (Å²) in [6, 6.07) is 9.31. The van der Waals surface area contributed by atoms with Crippen molar-refractivity contribution in [3.63, 3.8) is 0 Å². The van der Waals surface area contributed by atoms with E-state index in [4.69, 9.17) is 4.42 Å². The van der Waals surface area contributed by atoms with Crippen LogP contribution in [-0.4, -0.2) is 15.7 Å². The van der Waals surface area contributed by atoms with Gasteiger partial charge in [-0.05, 0) is 23.6 Å². The van der Waals surface area contributed by atoms with Gasteiger partial charge in [0.1, 0.15) is 12.4 Å². The van der Waals surface area contributed by atoms with Crippen molar-refractivity contribution in [2.75, 3.05) is 5.32 Å². The molecule has 0 radical (unpaired) electrons. The number of halogens is 1. The summed E-state index contributed by atoms with van der Waals surface area (Å²) in [5.74, 6) is -1.72. The van der Waals surface area contributed by atoms with Crippen molar-refractivity contribution in [3.05, 3.63) is 58.1 Å². The second-order valence-electron chi connectivity index (χ2n) is 4.34. The SMILES string of the molecule is O=C(Cn1nc(-c2cccs2)oc1=O)Nc1ccccc1F. The molecular weight excluding hydrogens is 309 g/mol. The fourth-order valence-electron chi connectivity index (χ4n) is 1.79. The first-order chi connectivity index (χ1) is 10.6. The molecule has 0 atom stereocenters.